The number of allylic oxidation sites excluding steroid dienone is 4. The van der Waals surface area contributed by atoms with Gasteiger partial charge in [-0.2, -0.15) is 0 Å². The van der Waals surface area contributed by atoms with Crippen LogP contribution in [-0.4, -0.2) is 10.9 Å². The predicted molar refractivity (Wildman–Crippen MR) is 132 cm³/mol. The Morgan fingerprint density at radius 3 is 1.73 bits per heavy atom. The molecule has 3 aromatic carbocycles. The van der Waals surface area contributed by atoms with Crippen molar-refractivity contribution in [2.24, 2.45) is 0 Å². The third kappa shape index (κ3) is 3.38. The third-order valence-electron chi connectivity index (χ3n) is 8.32. The van der Waals surface area contributed by atoms with Crippen LogP contribution in [0.25, 0.3) is 16.7 Å². The first-order valence-corrected chi connectivity index (χ1v) is 25.6. The molecule has 0 unspecified atom stereocenters. The average Bonchev–Trinajstić information content (AvgIpc) is 3.60. The van der Waals surface area contributed by atoms with Gasteiger partial charge in [-0.3, -0.25) is 0 Å². The summed E-state index contributed by atoms with van der Waals surface area (Å²) in [6, 6.07) is 36.8. The van der Waals surface area contributed by atoms with Gasteiger partial charge in [0.1, 0.15) is 0 Å². The summed E-state index contributed by atoms with van der Waals surface area (Å²) in [6.45, 7) is 0. The van der Waals surface area contributed by atoms with Crippen molar-refractivity contribution >= 4 is 16.4 Å². The van der Waals surface area contributed by atoms with Crippen LogP contribution in [0.5, 0.6) is 0 Å². The molecule has 2 aliphatic heterocycles. The molecular weight excluding hydrogens is 555 g/mol. The maximum Gasteiger partial charge on any atom is -1.00 e. The van der Waals surface area contributed by atoms with Gasteiger partial charge in [-0.05, 0) is 0 Å². The zero-order chi connectivity index (χ0) is 20.4. The van der Waals surface area contributed by atoms with Crippen LogP contribution in [-0.2, 0) is 17.5 Å². The Labute approximate surface area is 213 Å². The molecule has 164 valence electrons. The van der Waals surface area contributed by atoms with E-state index in [1.54, 1.807) is 46.4 Å². The van der Waals surface area contributed by atoms with Crippen molar-refractivity contribution in [3.05, 3.63) is 111 Å². The molecule has 3 aromatic rings. The number of hydrogen-bond acceptors (Lipinski definition) is 0. The van der Waals surface area contributed by atoms with Crippen molar-refractivity contribution in [3.8, 4) is 11.1 Å². The van der Waals surface area contributed by atoms with Gasteiger partial charge in [-0.25, -0.2) is 0 Å². The van der Waals surface area contributed by atoms with Gasteiger partial charge >= 0.3 is 190 Å². The molecule has 2 bridgehead atoms. The molecule has 0 nitrogen and oxygen atoms in total. The topological polar surface area (TPSA) is 0 Å². The molecule has 0 N–H and O–H groups in total. The molecule has 0 radical (unpaired) electrons. The fourth-order valence-corrected chi connectivity index (χ4v) is 85.3. The Morgan fingerprint density at radius 2 is 1.15 bits per heavy atom. The Balaban J connectivity index is 0.00000114. The molecule has 0 fully saturated rings. The normalized spacial score (nSPS) is 17.5. The minimum absolute atomic E-state index is 0. The minimum atomic E-state index is -2.56. The summed E-state index contributed by atoms with van der Waals surface area (Å²) in [6.07, 6.45) is 6.59. The van der Waals surface area contributed by atoms with E-state index >= 15 is 0 Å². The van der Waals surface area contributed by atoms with E-state index in [1.165, 1.54) is 17.6 Å². The Kier molecular flexibility index (Phi) is 6.66. The van der Waals surface area contributed by atoms with Gasteiger partial charge in [0.15, 0.2) is 0 Å². The summed E-state index contributed by atoms with van der Waals surface area (Å²) in [5.74, 6) is 0. The molecule has 0 aromatic heterocycles. The fraction of sp³-hybridized carbons (Fsp3) is 0.214. The Bertz CT molecular complexity index is 1360. The number of halogens is 2. The van der Waals surface area contributed by atoms with Gasteiger partial charge in [0.2, 0.25) is 0 Å². The van der Waals surface area contributed by atoms with Crippen LogP contribution in [0, 0.1) is 0 Å². The molecule has 4 aliphatic rings. The average molecular weight is 581 g/mol. The van der Waals surface area contributed by atoms with Crippen LogP contribution in [0.3, 0.4) is 0 Å². The number of hydrogen-bond donors (Lipinski definition) is 0. The van der Waals surface area contributed by atoms with Gasteiger partial charge in [-0.1, -0.05) is 0 Å². The first kappa shape index (κ1) is 23.8. The molecule has 5 heteroatoms. The first-order chi connectivity index (χ1) is 15.4. The SMILES string of the molecule is C1=C(c2ccccc2)C=[C]([Zr+2]2([CH]3c4ccccc4-c4ccccc43)=[Si]3CC[Si]=2CC3)C1.[Cl-].[Cl-]. The molecule has 2 heterocycles. The van der Waals surface area contributed by atoms with Crippen molar-refractivity contribution in [3.63, 3.8) is 0 Å². The monoisotopic (exact) mass is 578 g/mol. The number of rotatable bonds is 3. The molecule has 2 aliphatic carbocycles. The van der Waals surface area contributed by atoms with Gasteiger partial charge in [0.05, 0.1) is 0 Å². The standard InChI is InChI=1S/C13H9.C11H9.C4H8Si2.2ClH.Zr/c1-3-7-12-10(5-1)9-11-6-2-4-8-13(11)12;1-2-6-10(7-3-1)11-8-4-5-9-11;1-2-6-4-3-5-1;;;/h1-9H;1-3,6-9H,4H2;1-4H2;2*1H;/q;;;;;+2/p-2. The van der Waals surface area contributed by atoms with E-state index in [0.717, 1.165) is 3.63 Å². The zero-order valence-corrected chi connectivity index (χ0v) is 24.5. The summed E-state index contributed by atoms with van der Waals surface area (Å²) in [7, 11) is 0. The predicted octanol–water partition coefficient (Wildman–Crippen LogP) is 1.30. The molecule has 0 saturated heterocycles. The van der Waals surface area contributed by atoms with Gasteiger partial charge in [0.25, 0.3) is 0 Å². The second-order valence-corrected chi connectivity index (χ2v) is 43.6. The van der Waals surface area contributed by atoms with Gasteiger partial charge in [-0.15, -0.1) is 0 Å². The first-order valence-electron chi connectivity index (χ1n) is 11.7. The van der Waals surface area contributed by atoms with Crippen molar-refractivity contribution in [2.75, 3.05) is 0 Å². The molecule has 0 spiro atoms. The van der Waals surface area contributed by atoms with Crippen LogP contribution in [0.2, 0.25) is 24.2 Å². The molecule has 7 rings (SSSR count). The fourth-order valence-electron chi connectivity index (χ4n) is 7.19. The summed E-state index contributed by atoms with van der Waals surface area (Å²) in [5, 5.41) is 0. The third-order valence-corrected chi connectivity index (χ3v) is 65.6. The summed E-state index contributed by atoms with van der Waals surface area (Å²) in [5.41, 5.74) is 9.16. The van der Waals surface area contributed by atoms with Gasteiger partial charge in [0, 0.05) is 0 Å². The smallest absolute Gasteiger partial charge is 1.00 e. The van der Waals surface area contributed by atoms with E-state index in [9.17, 15) is 0 Å². The van der Waals surface area contributed by atoms with Gasteiger partial charge < -0.3 is 24.8 Å². The van der Waals surface area contributed by atoms with E-state index in [4.69, 9.17) is 0 Å². The maximum atomic E-state index is 2.74. The van der Waals surface area contributed by atoms with E-state index in [1.807, 2.05) is 3.28 Å². The largest absolute Gasteiger partial charge is 1.00 e. The van der Waals surface area contributed by atoms with E-state index < -0.39 is 17.5 Å². The molecule has 0 atom stereocenters. The van der Waals surface area contributed by atoms with Crippen LogP contribution in [0.15, 0.2) is 94.3 Å². The molecule has 0 amide bonds. The van der Waals surface area contributed by atoms with E-state index in [0.29, 0.717) is 0 Å². The molecule has 0 saturated carbocycles. The van der Waals surface area contributed by atoms with Crippen molar-refractivity contribution < 1.29 is 42.3 Å². The van der Waals surface area contributed by atoms with Crippen molar-refractivity contribution in [1.82, 2.24) is 0 Å². The van der Waals surface area contributed by atoms with E-state index in [2.05, 4.69) is 91.0 Å². The van der Waals surface area contributed by atoms with Crippen LogP contribution >= 0.6 is 0 Å². The van der Waals surface area contributed by atoms with Crippen LogP contribution < -0.4 is 24.8 Å². The molecular formula is C28H26Cl2Si2Zr. The number of fused-ring (bicyclic) bond motifs is 3. The van der Waals surface area contributed by atoms with Crippen molar-refractivity contribution in [2.45, 2.75) is 34.2 Å². The second kappa shape index (κ2) is 9.24. The van der Waals surface area contributed by atoms with Crippen LogP contribution in [0.1, 0.15) is 26.7 Å². The minimum Gasteiger partial charge on any atom is -1.00 e. The zero-order valence-electron chi connectivity index (χ0n) is 18.5. The number of benzene rings is 3. The van der Waals surface area contributed by atoms with E-state index in [-0.39, 0.29) is 35.7 Å². The summed E-state index contributed by atoms with van der Waals surface area (Å²) in [4.78, 5) is 0. The summed E-state index contributed by atoms with van der Waals surface area (Å²) < 4.78 is 2.83. The molecule has 33 heavy (non-hydrogen) atoms. The van der Waals surface area contributed by atoms with Crippen molar-refractivity contribution in [1.29, 1.82) is 0 Å². The maximum absolute atomic E-state index is 2.74. The second-order valence-electron chi connectivity index (χ2n) is 9.52. The van der Waals surface area contributed by atoms with Crippen LogP contribution in [0.4, 0.5) is 0 Å². The quantitative estimate of drug-likeness (QED) is 0.410. The Hall–Kier alpha value is -0.963. The summed E-state index contributed by atoms with van der Waals surface area (Å²) >= 11 is -2.56. The Morgan fingerprint density at radius 1 is 0.636 bits per heavy atom.